The van der Waals surface area contributed by atoms with E-state index in [9.17, 15) is 9.59 Å². The van der Waals surface area contributed by atoms with Gasteiger partial charge < -0.3 is 20.5 Å². The smallest absolute Gasteiger partial charge is 0.315 e. The molecular weight excluding hydrogens is 306 g/mol. The highest BCUT2D eigenvalue weighted by Crippen LogP contribution is 2.09. The summed E-state index contributed by atoms with van der Waals surface area (Å²) in [5, 5.41) is 5.49. The standard InChI is InChI=1S/C17H23N5O2/c1-11-7-12(2)21-16(23)14(11)10-20-17(24)19-9-13-5-6-18-15(8-13)22(3)4/h5-8H,9-10H2,1-4H3,(H,21,23)(H2,19,20,24). The third kappa shape index (κ3) is 4.58. The Labute approximate surface area is 141 Å². The van der Waals surface area contributed by atoms with Gasteiger partial charge in [-0.2, -0.15) is 0 Å². The van der Waals surface area contributed by atoms with Gasteiger partial charge in [0.1, 0.15) is 5.82 Å². The number of anilines is 1. The molecule has 0 saturated carbocycles. The van der Waals surface area contributed by atoms with Gasteiger partial charge in [0.15, 0.2) is 0 Å². The Morgan fingerprint density at radius 1 is 1.21 bits per heavy atom. The molecule has 0 aliphatic rings. The minimum atomic E-state index is -0.322. The maximum atomic E-state index is 11.9. The molecule has 2 heterocycles. The van der Waals surface area contributed by atoms with Crippen LogP contribution in [0.3, 0.4) is 0 Å². The number of pyridine rings is 2. The SMILES string of the molecule is Cc1cc(C)c(CNC(=O)NCc2ccnc(N(C)C)c2)c(=O)[nH]1. The zero-order valence-electron chi connectivity index (χ0n) is 14.4. The topological polar surface area (TPSA) is 90.1 Å². The quantitative estimate of drug-likeness (QED) is 0.774. The molecular formula is C17H23N5O2. The van der Waals surface area contributed by atoms with E-state index in [4.69, 9.17) is 0 Å². The number of rotatable bonds is 5. The summed E-state index contributed by atoms with van der Waals surface area (Å²) in [7, 11) is 3.82. The number of nitrogens with zero attached hydrogens (tertiary/aromatic N) is 2. The van der Waals surface area contributed by atoms with Crippen molar-refractivity contribution in [3.8, 4) is 0 Å². The largest absolute Gasteiger partial charge is 0.363 e. The average molecular weight is 329 g/mol. The number of nitrogens with one attached hydrogen (secondary N) is 3. The van der Waals surface area contributed by atoms with E-state index in [0.717, 1.165) is 22.6 Å². The Balaban J connectivity index is 1.90. The van der Waals surface area contributed by atoms with Gasteiger partial charge in [0.05, 0.1) is 6.54 Å². The van der Waals surface area contributed by atoms with Gasteiger partial charge in [-0.25, -0.2) is 9.78 Å². The first-order valence-corrected chi connectivity index (χ1v) is 7.70. The molecule has 2 amide bonds. The van der Waals surface area contributed by atoms with Crippen LogP contribution in [0.15, 0.2) is 29.2 Å². The molecule has 2 aromatic rings. The lowest BCUT2D eigenvalue weighted by atomic mass is 10.1. The molecule has 3 N–H and O–H groups in total. The second kappa shape index (κ2) is 7.63. The summed E-state index contributed by atoms with van der Waals surface area (Å²) in [4.78, 5) is 32.7. The number of urea groups is 1. The van der Waals surface area contributed by atoms with Crippen molar-refractivity contribution in [2.24, 2.45) is 0 Å². The monoisotopic (exact) mass is 329 g/mol. The Bertz CT molecular complexity index is 783. The minimum Gasteiger partial charge on any atom is -0.363 e. The zero-order valence-corrected chi connectivity index (χ0v) is 14.4. The van der Waals surface area contributed by atoms with Gasteiger partial charge in [0.25, 0.3) is 5.56 Å². The number of hydrogen-bond acceptors (Lipinski definition) is 4. The van der Waals surface area contributed by atoms with Gasteiger partial charge in [-0.15, -0.1) is 0 Å². The van der Waals surface area contributed by atoms with Crippen LogP contribution in [0, 0.1) is 13.8 Å². The fourth-order valence-corrected chi connectivity index (χ4v) is 2.33. The van der Waals surface area contributed by atoms with Gasteiger partial charge in [0.2, 0.25) is 0 Å². The van der Waals surface area contributed by atoms with Crippen molar-refractivity contribution in [2.45, 2.75) is 26.9 Å². The van der Waals surface area contributed by atoms with Gasteiger partial charge in [-0.3, -0.25) is 4.79 Å². The fourth-order valence-electron chi connectivity index (χ4n) is 2.33. The first kappa shape index (κ1) is 17.5. The Morgan fingerprint density at radius 3 is 2.58 bits per heavy atom. The van der Waals surface area contributed by atoms with E-state index in [2.05, 4.69) is 20.6 Å². The number of aromatic nitrogens is 2. The molecule has 2 aromatic heterocycles. The van der Waals surface area contributed by atoms with Crippen molar-refractivity contribution in [3.05, 3.63) is 57.1 Å². The predicted octanol–water partition coefficient (Wildman–Crippen LogP) is 1.45. The van der Waals surface area contributed by atoms with Gasteiger partial charge in [0, 0.05) is 38.1 Å². The fraction of sp³-hybridized carbons (Fsp3) is 0.353. The van der Waals surface area contributed by atoms with Crippen molar-refractivity contribution >= 4 is 11.8 Å². The summed E-state index contributed by atoms with van der Waals surface area (Å²) in [6.45, 7) is 4.26. The van der Waals surface area contributed by atoms with Gasteiger partial charge in [-0.05, 0) is 43.2 Å². The molecule has 0 aliphatic heterocycles. The first-order valence-electron chi connectivity index (χ1n) is 7.70. The molecule has 0 atom stereocenters. The van der Waals surface area contributed by atoms with Crippen LogP contribution in [0.4, 0.5) is 10.6 Å². The molecule has 7 nitrogen and oxygen atoms in total. The van der Waals surface area contributed by atoms with Crippen LogP contribution in [-0.4, -0.2) is 30.1 Å². The van der Waals surface area contributed by atoms with Gasteiger partial charge >= 0.3 is 6.03 Å². The molecule has 0 spiro atoms. The molecule has 128 valence electrons. The van der Waals surface area contributed by atoms with Crippen LogP contribution in [0.5, 0.6) is 0 Å². The zero-order chi connectivity index (χ0) is 17.7. The lowest BCUT2D eigenvalue weighted by Crippen LogP contribution is -2.36. The van der Waals surface area contributed by atoms with Crippen molar-refractivity contribution in [3.63, 3.8) is 0 Å². The summed E-state index contributed by atoms with van der Waals surface area (Å²) >= 11 is 0. The number of amides is 2. The van der Waals surface area contributed by atoms with E-state index in [-0.39, 0.29) is 18.1 Å². The van der Waals surface area contributed by atoms with E-state index in [1.54, 1.807) is 6.20 Å². The second-order valence-electron chi connectivity index (χ2n) is 5.90. The normalized spacial score (nSPS) is 10.3. The van der Waals surface area contributed by atoms with E-state index < -0.39 is 0 Å². The maximum Gasteiger partial charge on any atom is 0.315 e. The first-order chi connectivity index (χ1) is 11.4. The van der Waals surface area contributed by atoms with Crippen LogP contribution in [-0.2, 0) is 13.1 Å². The van der Waals surface area contributed by atoms with E-state index >= 15 is 0 Å². The number of aryl methyl sites for hydroxylation is 2. The van der Waals surface area contributed by atoms with E-state index in [0.29, 0.717) is 12.1 Å². The number of aromatic amines is 1. The number of H-pyrrole nitrogens is 1. The molecule has 0 aromatic carbocycles. The summed E-state index contributed by atoms with van der Waals surface area (Å²) in [5.74, 6) is 0.830. The second-order valence-corrected chi connectivity index (χ2v) is 5.90. The third-order valence-corrected chi connectivity index (χ3v) is 3.64. The number of hydrogen-bond donors (Lipinski definition) is 3. The Hall–Kier alpha value is -2.83. The highest BCUT2D eigenvalue weighted by Gasteiger charge is 2.07. The van der Waals surface area contributed by atoms with Crippen LogP contribution < -0.4 is 21.1 Å². The minimum absolute atomic E-state index is 0.169. The highest BCUT2D eigenvalue weighted by molar-refractivity contribution is 5.73. The van der Waals surface area contributed by atoms with Crippen LogP contribution in [0.2, 0.25) is 0 Å². The van der Waals surface area contributed by atoms with Crippen molar-refractivity contribution in [1.29, 1.82) is 0 Å². The van der Waals surface area contributed by atoms with Crippen LogP contribution >= 0.6 is 0 Å². The summed E-state index contributed by atoms with van der Waals surface area (Å²) in [5.41, 5.74) is 3.02. The molecule has 0 unspecified atom stereocenters. The lowest BCUT2D eigenvalue weighted by molar-refractivity contribution is 0.240. The van der Waals surface area contributed by atoms with E-state index in [1.807, 2.05) is 51.0 Å². The number of carbonyl (C=O) groups excluding carboxylic acids is 1. The summed E-state index contributed by atoms with van der Waals surface area (Å²) in [6, 6.07) is 5.32. The summed E-state index contributed by atoms with van der Waals surface area (Å²) < 4.78 is 0. The Morgan fingerprint density at radius 2 is 1.92 bits per heavy atom. The summed E-state index contributed by atoms with van der Waals surface area (Å²) in [6.07, 6.45) is 1.71. The maximum absolute atomic E-state index is 11.9. The van der Waals surface area contributed by atoms with Gasteiger partial charge in [-0.1, -0.05) is 0 Å². The molecule has 0 bridgehead atoms. The predicted molar refractivity (Wildman–Crippen MR) is 94.2 cm³/mol. The van der Waals surface area contributed by atoms with Crippen molar-refractivity contribution < 1.29 is 4.79 Å². The molecule has 0 fully saturated rings. The molecule has 7 heteroatoms. The average Bonchev–Trinajstić information content (AvgIpc) is 2.52. The molecule has 0 aliphatic carbocycles. The lowest BCUT2D eigenvalue weighted by Gasteiger charge is -2.13. The van der Waals surface area contributed by atoms with Crippen molar-refractivity contribution in [2.75, 3.05) is 19.0 Å². The molecule has 0 radical (unpaired) electrons. The van der Waals surface area contributed by atoms with E-state index in [1.165, 1.54) is 0 Å². The Kier molecular flexibility index (Phi) is 5.57. The molecule has 2 rings (SSSR count). The molecule has 24 heavy (non-hydrogen) atoms. The number of carbonyl (C=O) groups is 1. The molecule has 0 saturated heterocycles. The third-order valence-electron chi connectivity index (χ3n) is 3.64. The highest BCUT2D eigenvalue weighted by atomic mass is 16.2. The van der Waals surface area contributed by atoms with Crippen LogP contribution in [0.1, 0.15) is 22.4 Å². The van der Waals surface area contributed by atoms with Crippen molar-refractivity contribution in [1.82, 2.24) is 20.6 Å². The van der Waals surface area contributed by atoms with Crippen LogP contribution in [0.25, 0.3) is 0 Å².